The van der Waals surface area contributed by atoms with Gasteiger partial charge in [0, 0.05) is 37.0 Å². The molecule has 1 fully saturated rings. The summed E-state index contributed by atoms with van der Waals surface area (Å²) in [5.41, 5.74) is 1.92. The number of anilines is 1. The maximum Gasteiger partial charge on any atom is 0.258 e. The first-order chi connectivity index (χ1) is 12.1. The number of piperidine rings is 1. The number of para-hydroxylation sites is 1. The van der Waals surface area contributed by atoms with Crippen LogP contribution in [0.4, 0.5) is 5.69 Å². The predicted molar refractivity (Wildman–Crippen MR) is 96.8 cm³/mol. The highest BCUT2D eigenvalue weighted by atomic mass is 16.3. The summed E-state index contributed by atoms with van der Waals surface area (Å²) in [4.78, 5) is 28.4. The van der Waals surface area contributed by atoms with Crippen LogP contribution in [0, 0.1) is 0 Å². The van der Waals surface area contributed by atoms with Crippen LogP contribution in [0.2, 0.25) is 0 Å². The molecule has 2 aromatic carbocycles. The number of rotatable bonds is 3. The maximum absolute atomic E-state index is 12.6. The van der Waals surface area contributed by atoms with E-state index in [1.807, 2.05) is 30.3 Å². The molecule has 1 aliphatic rings. The zero-order valence-corrected chi connectivity index (χ0v) is 14.3. The van der Waals surface area contributed by atoms with Crippen molar-refractivity contribution in [3.05, 3.63) is 65.7 Å². The Morgan fingerprint density at radius 2 is 1.52 bits per heavy atom. The molecule has 5 nitrogen and oxygen atoms in total. The molecule has 0 unspecified atom stereocenters. The summed E-state index contributed by atoms with van der Waals surface area (Å²) in [5, 5.41) is 9.54. The summed E-state index contributed by atoms with van der Waals surface area (Å²) in [6.07, 6.45) is 0.923. The van der Waals surface area contributed by atoms with E-state index >= 15 is 0 Å². The number of amides is 2. The van der Waals surface area contributed by atoms with E-state index in [0.29, 0.717) is 37.1 Å². The van der Waals surface area contributed by atoms with Gasteiger partial charge >= 0.3 is 0 Å². The highest BCUT2D eigenvalue weighted by molar-refractivity contribution is 6.06. The topological polar surface area (TPSA) is 60.9 Å². The van der Waals surface area contributed by atoms with Crippen molar-refractivity contribution in [3.8, 4) is 0 Å². The lowest BCUT2D eigenvalue weighted by Crippen LogP contribution is -2.40. The van der Waals surface area contributed by atoms with Gasteiger partial charge in [0.25, 0.3) is 11.8 Å². The van der Waals surface area contributed by atoms with Crippen LogP contribution < -0.4 is 4.90 Å². The van der Waals surface area contributed by atoms with E-state index in [1.54, 1.807) is 41.1 Å². The molecule has 2 aromatic rings. The third kappa shape index (κ3) is 3.88. The molecule has 0 atom stereocenters. The van der Waals surface area contributed by atoms with Crippen LogP contribution in [-0.4, -0.2) is 48.1 Å². The standard InChI is InChI=1S/C20H22N2O3/c1-21(17-5-3-2-4-6-17)19(24)15-7-9-16(10-8-15)20(25)22-13-11-18(23)12-14-22/h2-10,18,23H,11-14H2,1H3. The van der Waals surface area contributed by atoms with Crippen LogP contribution in [0.3, 0.4) is 0 Å². The zero-order valence-electron chi connectivity index (χ0n) is 14.3. The molecular formula is C20H22N2O3. The summed E-state index contributed by atoms with van der Waals surface area (Å²) >= 11 is 0. The minimum absolute atomic E-state index is 0.0534. The number of nitrogens with zero attached hydrogens (tertiary/aromatic N) is 2. The first kappa shape index (κ1) is 17.2. The van der Waals surface area contributed by atoms with Gasteiger partial charge in [-0.25, -0.2) is 0 Å². The molecular weight excluding hydrogens is 316 g/mol. The van der Waals surface area contributed by atoms with Crippen molar-refractivity contribution in [3.63, 3.8) is 0 Å². The quantitative estimate of drug-likeness (QED) is 0.936. The Balaban J connectivity index is 1.69. The van der Waals surface area contributed by atoms with Gasteiger partial charge in [-0.2, -0.15) is 0 Å². The zero-order chi connectivity index (χ0) is 17.8. The van der Waals surface area contributed by atoms with Crippen LogP contribution in [0.1, 0.15) is 33.6 Å². The molecule has 130 valence electrons. The van der Waals surface area contributed by atoms with Crippen LogP contribution in [0.5, 0.6) is 0 Å². The summed E-state index contributed by atoms with van der Waals surface area (Å²) in [6, 6.07) is 16.2. The van der Waals surface area contributed by atoms with Gasteiger partial charge in [0.05, 0.1) is 6.10 Å². The highest BCUT2D eigenvalue weighted by Crippen LogP contribution is 2.17. The molecule has 5 heteroatoms. The molecule has 0 radical (unpaired) electrons. The lowest BCUT2D eigenvalue weighted by molar-refractivity contribution is 0.0546. The van der Waals surface area contributed by atoms with E-state index in [2.05, 4.69) is 0 Å². The van der Waals surface area contributed by atoms with E-state index in [0.717, 1.165) is 5.69 Å². The number of carbonyl (C=O) groups excluding carboxylic acids is 2. The van der Waals surface area contributed by atoms with Crippen molar-refractivity contribution in [1.29, 1.82) is 0 Å². The van der Waals surface area contributed by atoms with Crippen molar-refractivity contribution >= 4 is 17.5 Å². The van der Waals surface area contributed by atoms with Crippen molar-refractivity contribution in [2.24, 2.45) is 0 Å². The fraction of sp³-hybridized carbons (Fsp3) is 0.300. The number of aliphatic hydroxyl groups is 1. The number of benzene rings is 2. The van der Waals surface area contributed by atoms with E-state index in [1.165, 1.54) is 0 Å². The third-order valence-corrected chi connectivity index (χ3v) is 4.58. The largest absolute Gasteiger partial charge is 0.393 e. The lowest BCUT2D eigenvalue weighted by Gasteiger charge is -2.29. The second kappa shape index (κ2) is 7.49. The minimum Gasteiger partial charge on any atom is -0.393 e. The average molecular weight is 338 g/mol. The molecule has 0 bridgehead atoms. The Bertz CT molecular complexity index is 735. The normalized spacial score (nSPS) is 15.0. The Labute approximate surface area is 147 Å². The molecule has 1 N–H and O–H groups in total. The van der Waals surface area contributed by atoms with Crippen molar-refractivity contribution < 1.29 is 14.7 Å². The summed E-state index contributed by atoms with van der Waals surface area (Å²) in [7, 11) is 1.73. The maximum atomic E-state index is 12.6. The fourth-order valence-electron chi connectivity index (χ4n) is 2.97. The highest BCUT2D eigenvalue weighted by Gasteiger charge is 2.22. The molecule has 0 aliphatic carbocycles. The third-order valence-electron chi connectivity index (χ3n) is 4.58. The Hall–Kier alpha value is -2.66. The molecule has 0 spiro atoms. The van der Waals surface area contributed by atoms with Gasteiger partial charge in [-0.05, 0) is 49.2 Å². The Morgan fingerprint density at radius 3 is 2.12 bits per heavy atom. The lowest BCUT2D eigenvalue weighted by atomic mass is 10.1. The first-order valence-electron chi connectivity index (χ1n) is 8.47. The number of hydrogen-bond acceptors (Lipinski definition) is 3. The van der Waals surface area contributed by atoms with Gasteiger partial charge in [-0.3, -0.25) is 9.59 Å². The second-order valence-electron chi connectivity index (χ2n) is 6.30. The van der Waals surface area contributed by atoms with Gasteiger partial charge in [0.1, 0.15) is 0 Å². The minimum atomic E-state index is -0.308. The molecule has 25 heavy (non-hydrogen) atoms. The van der Waals surface area contributed by atoms with E-state index in [4.69, 9.17) is 0 Å². The monoisotopic (exact) mass is 338 g/mol. The van der Waals surface area contributed by atoms with Gasteiger partial charge in [0.15, 0.2) is 0 Å². The summed E-state index contributed by atoms with van der Waals surface area (Å²) in [5.74, 6) is -0.173. The molecule has 3 rings (SSSR count). The predicted octanol–water partition coefficient (Wildman–Crippen LogP) is 2.56. The van der Waals surface area contributed by atoms with Crippen LogP contribution in [0.15, 0.2) is 54.6 Å². The van der Waals surface area contributed by atoms with Crippen molar-refractivity contribution in [2.45, 2.75) is 18.9 Å². The summed E-state index contributed by atoms with van der Waals surface area (Å²) < 4.78 is 0. The fourth-order valence-corrected chi connectivity index (χ4v) is 2.97. The molecule has 1 aliphatic heterocycles. The first-order valence-corrected chi connectivity index (χ1v) is 8.47. The van der Waals surface area contributed by atoms with Gasteiger partial charge in [0.2, 0.25) is 0 Å². The van der Waals surface area contributed by atoms with Crippen LogP contribution >= 0.6 is 0 Å². The molecule has 2 amide bonds. The number of hydrogen-bond donors (Lipinski definition) is 1. The Kier molecular flexibility index (Phi) is 5.14. The Morgan fingerprint density at radius 1 is 0.960 bits per heavy atom. The van der Waals surface area contributed by atoms with Gasteiger partial charge in [-0.15, -0.1) is 0 Å². The van der Waals surface area contributed by atoms with Crippen LogP contribution in [-0.2, 0) is 0 Å². The molecule has 1 saturated heterocycles. The van der Waals surface area contributed by atoms with Crippen LogP contribution in [0.25, 0.3) is 0 Å². The van der Waals surface area contributed by atoms with Crippen molar-refractivity contribution in [2.75, 3.05) is 25.0 Å². The summed E-state index contributed by atoms with van der Waals surface area (Å²) in [6.45, 7) is 1.13. The molecule has 0 saturated carbocycles. The smallest absolute Gasteiger partial charge is 0.258 e. The SMILES string of the molecule is CN(C(=O)c1ccc(C(=O)N2CCC(O)CC2)cc1)c1ccccc1. The van der Waals surface area contributed by atoms with E-state index in [-0.39, 0.29) is 17.9 Å². The number of aliphatic hydroxyl groups excluding tert-OH is 1. The number of carbonyl (C=O) groups is 2. The van der Waals surface area contributed by atoms with Crippen molar-refractivity contribution in [1.82, 2.24) is 4.90 Å². The average Bonchev–Trinajstić information content (AvgIpc) is 2.67. The second-order valence-corrected chi connectivity index (χ2v) is 6.30. The van der Waals surface area contributed by atoms with Gasteiger partial charge in [-0.1, -0.05) is 18.2 Å². The number of likely N-dealkylation sites (tertiary alicyclic amines) is 1. The van der Waals surface area contributed by atoms with Gasteiger partial charge < -0.3 is 14.9 Å². The molecule has 1 heterocycles. The van der Waals surface area contributed by atoms with E-state index in [9.17, 15) is 14.7 Å². The van der Waals surface area contributed by atoms with E-state index < -0.39 is 0 Å². The molecule has 0 aromatic heterocycles.